The number of benzene rings is 4. The van der Waals surface area contributed by atoms with Gasteiger partial charge < -0.3 is 98.5 Å². The lowest BCUT2D eigenvalue weighted by Gasteiger charge is -2.45. The zero-order valence-corrected chi connectivity index (χ0v) is 35.4. The Morgan fingerprint density at radius 3 is 1.88 bits per heavy atom. The molecule has 0 bridgehead atoms. The standard InChI is InChI=1S/C46H44O22/c1-61-32-14-22(6-9-27(32)50)43-33(17-24-28(51)15-23(47)16-31(24)64-43)65-46-44(41(59)39(57)35(67-46)19-63-37(55)11-5-21-3-8-26(49)30(53)13-21)68-45-42(60)40(58)38(56)34(66-45)18-62-36(54)10-4-20-2-7-25(48)29(52)12-20/h2-17,34-35,38-42,44-46,48-53,56-60H,18-19H2,1H3/p+1/t34-,35-,38-,39-,40+,41+,42-,44-,45+,46-/m1/s1. The topological polar surface area (TPSA) is 356 Å². The number of phenolic OH excluding ortho intramolecular Hbond substituents is 6. The first-order valence-electron chi connectivity index (χ1n) is 20.4. The molecule has 0 unspecified atom stereocenters. The number of ether oxygens (including phenoxy) is 7. The summed E-state index contributed by atoms with van der Waals surface area (Å²) in [5.74, 6) is -4.83. The van der Waals surface area contributed by atoms with E-state index >= 15 is 0 Å². The molecule has 360 valence electrons. The summed E-state index contributed by atoms with van der Waals surface area (Å²) in [7, 11) is 1.28. The van der Waals surface area contributed by atoms with Gasteiger partial charge in [-0.25, -0.2) is 4.79 Å². The van der Waals surface area contributed by atoms with Crippen molar-refractivity contribution in [1.82, 2.24) is 0 Å². The second-order valence-corrected chi connectivity index (χ2v) is 15.4. The number of hydrogen-bond donors (Lipinski definition) is 11. The van der Waals surface area contributed by atoms with Gasteiger partial charge in [-0.15, -0.1) is 0 Å². The number of methoxy groups -OCH3 is 1. The monoisotopic (exact) mass is 949 g/mol. The lowest BCUT2D eigenvalue weighted by atomic mass is 9.97. The van der Waals surface area contributed by atoms with Gasteiger partial charge in [0.2, 0.25) is 12.9 Å². The van der Waals surface area contributed by atoms with Crippen molar-refractivity contribution in [2.75, 3.05) is 20.3 Å². The van der Waals surface area contributed by atoms with E-state index in [9.17, 15) is 70.6 Å². The maximum atomic E-state index is 12.8. The fraction of sp³-hybridized carbons (Fsp3) is 0.283. The van der Waals surface area contributed by atoms with Gasteiger partial charge in [-0.2, -0.15) is 0 Å². The number of aromatic hydroxyl groups is 6. The van der Waals surface area contributed by atoms with Crippen molar-refractivity contribution >= 4 is 24.1 Å². The van der Waals surface area contributed by atoms with Crippen LogP contribution in [0.25, 0.3) is 34.8 Å². The van der Waals surface area contributed by atoms with E-state index in [-0.39, 0.29) is 45.6 Å². The van der Waals surface area contributed by atoms with Gasteiger partial charge in [0.05, 0.1) is 18.7 Å². The Hall–Kier alpha value is -7.41. The number of carbonyl (C=O) groups excluding carboxylic acids is 2. The molecule has 0 saturated carbocycles. The molecule has 3 aromatic rings. The van der Waals surface area contributed by atoms with Crippen LogP contribution in [0.2, 0.25) is 0 Å². The molecule has 1 aliphatic carbocycles. The Labute approximate surface area is 383 Å². The van der Waals surface area contributed by atoms with Gasteiger partial charge in [-0.3, -0.25) is 4.79 Å². The predicted octanol–water partition coefficient (Wildman–Crippen LogP) is 1.16. The van der Waals surface area contributed by atoms with E-state index in [1.54, 1.807) is 0 Å². The van der Waals surface area contributed by atoms with Crippen LogP contribution in [0.4, 0.5) is 0 Å². The summed E-state index contributed by atoms with van der Waals surface area (Å²) in [5.41, 5.74) is 0.104. The Balaban J connectivity index is 1.18. The van der Waals surface area contributed by atoms with E-state index in [4.69, 9.17) is 37.6 Å². The van der Waals surface area contributed by atoms with Crippen LogP contribution < -0.4 is 14.9 Å². The molecule has 22 nitrogen and oxygen atoms in total. The van der Waals surface area contributed by atoms with Gasteiger partial charge in [0, 0.05) is 23.8 Å². The molecular weight excluding hydrogens is 904 g/mol. The van der Waals surface area contributed by atoms with Crippen LogP contribution in [0.5, 0.6) is 46.0 Å². The van der Waals surface area contributed by atoms with Crippen LogP contribution in [0.15, 0.2) is 94.2 Å². The van der Waals surface area contributed by atoms with E-state index < -0.39 is 115 Å². The van der Waals surface area contributed by atoms with E-state index in [1.807, 2.05) is 0 Å². The number of aliphatic hydroxyl groups is 5. The van der Waals surface area contributed by atoms with Gasteiger partial charge >= 0.3 is 11.9 Å². The second kappa shape index (κ2) is 20.6. The van der Waals surface area contributed by atoms with Crippen LogP contribution in [0.3, 0.4) is 0 Å². The molecule has 4 aliphatic rings. The van der Waals surface area contributed by atoms with Gasteiger partial charge in [0.15, 0.2) is 63.8 Å². The first-order chi connectivity index (χ1) is 32.4. The highest BCUT2D eigenvalue weighted by Gasteiger charge is 2.52. The Kier molecular flexibility index (Phi) is 14.7. The molecular formula is C46H45O22+. The number of esters is 2. The molecule has 0 aromatic heterocycles. The molecule has 3 aromatic carbocycles. The molecule has 3 heterocycles. The van der Waals surface area contributed by atoms with Crippen molar-refractivity contribution in [3.8, 4) is 68.6 Å². The van der Waals surface area contributed by atoms with Gasteiger partial charge in [0.1, 0.15) is 60.8 Å². The zero-order chi connectivity index (χ0) is 49.0. The van der Waals surface area contributed by atoms with E-state index in [0.717, 1.165) is 24.3 Å². The fourth-order valence-electron chi connectivity index (χ4n) is 7.06. The van der Waals surface area contributed by atoms with E-state index in [1.165, 1.54) is 79.9 Å². The van der Waals surface area contributed by atoms with Crippen molar-refractivity contribution in [3.63, 3.8) is 0 Å². The smallest absolute Gasteiger partial charge is 0.507 e. The summed E-state index contributed by atoms with van der Waals surface area (Å²) in [6.07, 6.45) is -14.4. The molecule has 0 spiro atoms. The molecule has 0 radical (unpaired) electrons. The van der Waals surface area contributed by atoms with Crippen LogP contribution in [-0.4, -0.2) is 155 Å². The first kappa shape index (κ1) is 48.5. The molecule has 12 N–H and O–H groups in total. The number of phenols is 6. The highest BCUT2D eigenvalue weighted by molar-refractivity contribution is 5.88. The molecule has 3 aliphatic heterocycles. The molecule has 2 saturated heterocycles. The quantitative estimate of drug-likeness (QED) is 0.0322. The molecule has 0 amide bonds. The maximum Gasteiger partial charge on any atom is 0.510 e. The number of aliphatic hydroxyl groups excluding tert-OH is 5. The summed E-state index contributed by atoms with van der Waals surface area (Å²) in [6.45, 7) is -1.43. The minimum absolute atomic E-state index is 0.0294. The first-order valence-corrected chi connectivity index (χ1v) is 20.4. The third-order valence-electron chi connectivity index (χ3n) is 10.7. The Morgan fingerprint density at radius 2 is 1.24 bits per heavy atom. The van der Waals surface area contributed by atoms with Crippen LogP contribution in [-0.2, 0) is 28.5 Å². The fourth-order valence-corrected chi connectivity index (χ4v) is 7.06. The third-order valence-corrected chi connectivity index (χ3v) is 10.7. The average Bonchev–Trinajstić information content (AvgIpc) is 3.31. The summed E-state index contributed by atoms with van der Waals surface area (Å²) in [5, 5.41) is 116. The molecule has 7 rings (SSSR count). The molecule has 2 fully saturated rings. The Bertz CT molecular complexity index is 2710. The Morgan fingerprint density at radius 1 is 0.632 bits per heavy atom. The third kappa shape index (κ3) is 10.9. The maximum absolute atomic E-state index is 12.8. The highest BCUT2D eigenvalue weighted by atomic mass is 16.8. The summed E-state index contributed by atoms with van der Waals surface area (Å²) < 4.78 is 46.0. The van der Waals surface area contributed by atoms with Crippen molar-refractivity contribution in [3.05, 3.63) is 106 Å². The van der Waals surface area contributed by atoms with Crippen molar-refractivity contribution in [1.29, 1.82) is 0 Å². The van der Waals surface area contributed by atoms with Gasteiger partial charge in [0.25, 0.3) is 0 Å². The SMILES string of the molecule is COc1cc(-c2oc3cc(=O)cc(O)c-3cc2O[C@@H]2O[C@H](COC(=O)C=Cc3ccc(O)c(O)c3)[C@@H](O)[C@H](O)[C@H]2O[C@@H]2O[C@H](COC(=[OH+])C=Cc3ccc(O)c(O)c3)[C@@H](O)[C@H](O)[C@H]2O)ccc1O. The average molecular weight is 950 g/mol. The lowest BCUT2D eigenvalue weighted by molar-refractivity contribution is -0.357. The minimum Gasteiger partial charge on any atom is -0.507 e. The van der Waals surface area contributed by atoms with Crippen molar-refractivity contribution < 1.29 is 103 Å². The number of carbonyl (C=O) groups is 1. The van der Waals surface area contributed by atoms with E-state index in [2.05, 4.69) is 0 Å². The summed E-state index contributed by atoms with van der Waals surface area (Å²) in [6, 6.07) is 14.7. The van der Waals surface area contributed by atoms with Crippen LogP contribution in [0.1, 0.15) is 11.1 Å². The molecule has 22 heteroatoms. The molecule has 68 heavy (non-hydrogen) atoms. The summed E-state index contributed by atoms with van der Waals surface area (Å²) in [4.78, 5) is 35.6. The van der Waals surface area contributed by atoms with Crippen molar-refractivity contribution in [2.24, 2.45) is 0 Å². The van der Waals surface area contributed by atoms with Gasteiger partial charge in [-0.1, -0.05) is 12.1 Å². The van der Waals surface area contributed by atoms with Crippen molar-refractivity contribution in [2.45, 2.75) is 61.4 Å². The second-order valence-electron chi connectivity index (χ2n) is 15.4. The number of hydrogen-bond acceptors (Lipinski definition) is 21. The number of fused-ring (bicyclic) bond motifs is 1. The summed E-state index contributed by atoms with van der Waals surface area (Å²) >= 11 is 0. The molecule has 10 atom stereocenters. The zero-order valence-electron chi connectivity index (χ0n) is 35.4. The van der Waals surface area contributed by atoms with Crippen LogP contribution in [0, 0.1) is 0 Å². The predicted molar refractivity (Wildman–Crippen MR) is 231 cm³/mol. The van der Waals surface area contributed by atoms with E-state index in [0.29, 0.717) is 11.1 Å². The largest absolute Gasteiger partial charge is 0.510 e. The van der Waals surface area contributed by atoms with Crippen LogP contribution >= 0.6 is 0 Å². The van der Waals surface area contributed by atoms with Gasteiger partial charge in [-0.05, 0) is 71.8 Å². The highest BCUT2D eigenvalue weighted by Crippen LogP contribution is 2.44. The lowest BCUT2D eigenvalue weighted by Crippen LogP contribution is -2.65. The minimum atomic E-state index is -2.07. The normalized spacial score (nSPS) is 25.1. The number of rotatable bonds is 14.